The van der Waals surface area contributed by atoms with E-state index in [-0.39, 0.29) is 24.2 Å². The average Bonchev–Trinajstić information content (AvgIpc) is 3.11. The summed E-state index contributed by atoms with van der Waals surface area (Å²) in [4.78, 5) is 28.1. The standard InChI is InChI=1S/C18H20N2O4/c1-23-18(22)15-10-16(13-8-4-5-9-14(13)20-15)24-11-17(21)19-12-6-2-3-7-12/h4-5,8-10,12H,2-3,6-7,11H2,1H3,(H,19,21). The lowest BCUT2D eigenvalue weighted by Crippen LogP contribution is -2.36. The molecule has 1 N–H and O–H groups in total. The molecule has 1 aliphatic rings. The Morgan fingerprint density at radius 3 is 2.75 bits per heavy atom. The molecule has 24 heavy (non-hydrogen) atoms. The van der Waals surface area contributed by atoms with Gasteiger partial charge in [-0.1, -0.05) is 25.0 Å². The summed E-state index contributed by atoms with van der Waals surface area (Å²) in [5.74, 6) is -0.244. The lowest BCUT2D eigenvalue weighted by molar-refractivity contribution is -0.123. The third kappa shape index (κ3) is 3.64. The highest BCUT2D eigenvalue weighted by atomic mass is 16.5. The Kier molecular flexibility index (Phi) is 4.93. The van der Waals surface area contributed by atoms with Gasteiger partial charge in [0.2, 0.25) is 0 Å². The van der Waals surface area contributed by atoms with Crippen LogP contribution >= 0.6 is 0 Å². The molecule has 1 heterocycles. The minimum absolute atomic E-state index is 0.0921. The molecule has 0 saturated heterocycles. The van der Waals surface area contributed by atoms with Gasteiger partial charge in [0.25, 0.3) is 5.91 Å². The average molecular weight is 328 g/mol. The van der Waals surface area contributed by atoms with Gasteiger partial charge in [-0.25, -0.2) is 9.78 Å². The second-order valence-electron chi connectivity index (χ2n) is 5.85. The van der Waals surface area contributed by atoms with Crippen molar-refractivity contribution in [2.24, 2.45) is 0 Å². The Morgan fingerprint density at radius 2 is 2.00 bits per heavy atom. The molecule has 1 aromatic heterocycles. The molecule has 6 heteroatoms. The molecule has 0 aliphatic heterocycles. The zero-order valence-electron chi connectivity index (χ0n) is 13.6. The molecule has 0 atom stereocenters. The van der Waals surface area contributed by atoms with Gasteiger partial charge in [-0.3, -0.25) is 4.79 Å². The predicted octanol–water partition coefficient (Wildman–Crippen LogP) is 2.46. The first kappa shape index (κ1) is 16.2. The van der Waals surface area contributed by atoms with Crippen LogP contribution in [0, 0.1) is 0 Å². The molecule has 1 aromatic carbocycles. The maximum Gasteiger partial charge on any atom is 0.356 e. The van der Waals surface area contributed by atoms with Crippen molar-refractivity contribution in [1.29, 1.82) is 0 Å². The zero-order chi connectivity index (χ0) is 16.9. The van der Waals surface area contributed by atoms with E-state index in [1.54, 1.807) is 6.07 Å². The van der Waals surface area contributed by atoms with Crippen molar-refractivity contribution in [2.45, 2.75) is 31.7 Å². The van der Waals surface area contributed by atoms with Crippen LogP contribution in [0.15, 0.2) is 30.3 Å². The maximum atomic E-state index is 12.0. The Balaban J connectivity index is 1.77. The molecule has 126 valence electrons. The van der Waals surface area contributed by atoms with E-state index in [1.807, 2.05) is 18.2 Å². The highest BCUT2D eigenvalue weighted by molar-refractivity contribution is 5.94. The van der Waals surface area contributed by atoms with Gasteiger partial charge in [0, 0.05) is 17.5 Å². The van der Waals surface area contributed by atoms with Gasteiger partial charge in [-0.15, -0.1) is 0 Å². The van der Waals surface area contributed by atoms with Gasteiger partial charge in [-0.05, 0) is 25.0 Å². The molecule has 1 aliphatic carbocycles. The van der Waals surface area contributed by atoms with E-state index in [4.69, 9.17) is 9.47 Å². The number of aromatic nitrogens is 1. The molecule has 1 amide bonds. The number of hydrogen-bond acceptors (Lipinski definition) is 5. The second kappa shape index (κ2) is 7.29. The van der Waals surface area contributed by atoms with E-state index >= 15 is 0 Å². The molecule has 3 rings (SSSR count). The van der Waals surface area contributed by atoms with Crippen LogP contribution in [-0.4, -0.2) is 36.6 Å². The molecule has 2 aromatic rings. The fourth-order valence-electron chi connectivity index (χ4n) is 2.95. The van der Waals surface area contributed by atoms with Crippen molar-refractivity contribution in [3.8, 4) is 5.75 Å². The first-order valence-electron chi connectivity index (χ1n) is 8.07. The van der Waals surface area contributed by atoms with Gasteiger partial charge in [0.15, 0.2) is 12.3 Å². The van der Waals surface area contributed by atoms with Gasteiger partial charge in [0.1, 0.15) is 5.75 Å². The number of benzene rings is 1. The maximum absolute atomic E-state index is 12.0. The van der Waals surface area contributed by atoms with E-state index in [1.165, 1.54) is 13.2 Å². The molecule has 6 nitrogen and oxygen atoms in total. The summed E-state index contributed by atoms with van der Waals surface area (Å²) < 4.78 is 10.4. The fourth-order valence-corrected chi connectivity index (χ4v) is 2.95. The number of pyridine rings is 1. The topological polar surface area (TPSA) is 77.5 Å². The van der Waals surface area contributed by atoms with Crippen LogP contribution in [0.5, 0.6) is 5.75 Å². The van der Waals surface area contributed by atoms with Crippen molar-refractivity contribution in [2.75, 3.05) is 13.7 Å². The highest BCUT2D eigenvalue weighted by Gasteiger charge is 2.18. The van der Waals surface area contributed by atoms with Crippen molar-refractivity contribution in [3.05, 3.63) is 36.0 Å². The third-order valence-corrected chi connectivity index (χ3v) is 4.15. The number of nitrogens with zero attached hydrogens (tertiary/aromatic N) is 1. The lowest BCUT2D eigenvalue weighted by atomic mass is 10.2. The number of esters is 1. The van der Waals surface area contributed by atoms with Crippen molar-refractivity contribution in [1.82, 2.24) is 10.3 Å². The quantitative estimate of drug-likeness (QED) is 0.853. The fraction of sp³-hybridized carbons (Fsp3) is 0.389. The molecule has 0 spiro atoms. The minimum Gasteiger partial charge on any atom is -0.483 e. The van der Waals surface area contributed by atoms with E-state index in [0.717, 1.165) is 31.1 Å². The number of nitrogens with one attached hydrogen (secondary N) is 1. The van der Waals surface area contributed by atoms with Crippen molar-refractivity contribution < 1.29 is 19.1 Å². The second-order valence-corrected chi connectivity index (χ2v) is 5.85. The summed E-state index contributed by atoms with van der Waals surface area (Å²) in [5, 5.41) is 3.72. The van der Waals surface area contributed by atoms with E-state index in [0.29, 0.717) is 11.3 Å². The summed E-state index contributed by atoms with van der Waals surface area (Å²) in [6, 6.07) is 9.07. The van der Waals surface area contributed by atoms with Gasteiger partial charge < -0.3 is 14.8 Å². The largest absolute Gasteiger partial charge is 0.483 e. The van der Waals surface area contributed by atoms with Crippen LogP contribution in [0.2, 0.25) is 0 Å². The summed E-state index contributed by atoms with van der Waals surface area (Å²) in [7, 11) is 1.30. The first-order valence-corrected chi connectivity index (χ1v) is 8.07. The van der Waals surface area contributed by atoms with Crippen LogP contribution in [0.1, 0.15) is 36.2 Å². The van der Waals surface area contributed by atoms with E-state index in [9.17, 15) is 9.59 Å². The van der Waals surface area contributed by atoms with Gasteiger partial charge >= 0.3 is 5.97 Å². The number of methoxy groups -OCH3 is 1. The Hall–Kier alpha value is -2.63. The number of carbonyl (C=O) groups is 2. The van der Waals surface area contributed by atoms with Crippen molar-refractivity contribution >= 4 is 22.8 Å². The van der Waals surface area contributed by atoms with Gasteiger partial charge in [0.05, 0.1) is 12.6 Å². The normalized spacial score (nSPS) is 14.5. The van der Waals surface area contributed by atoms with Gasteiger partial charge in [-0.2, -0.15) is 0 Å². The number of fused-ring (bicyclic) bond motifs is 1. The number of carbonyl (C=O) groups excluding carboxylic acids is 2. The Labute approximate surface area is 140 Å². The number of hydrogen-bond donors (Lipinski definition) is 1. The summed E-state index contributed by atoms with van der Waals surface area (Å²) in [6.07, 6.45) is 4.36. The Morgan fingerprint density at radius 1 is 1.25 bits per heavy atom. The van der Waals surface area contributed by atoms with E-state index in [2.05, 4.69) is 10.3 Å². The number of amides is 1. The monoisotopic (exact) mass is 328 g/mol. The van der Waals surface area contributed by atoms with Crippen LogP contribution in [0.3, 0.4) is 0 Å². The van der Waals surface area contributed by atoms with E-state index < -0.39 is 5.97 Å². The van der Waals surface area contributed by atoms with Crippen LogP contribution in [0.25, 0.3) is 10.9 Å². The summed E-state index contributed by atoms with van der Waals surface area (Å²) >= 11 is 0. The molecule has 0 radical (unpaired) electrons. The number of rotatable bonds is 5. The molecule has 0 unspecified atom stereocenters. The minimum atomic E-state index is -0.541. The number of para-hydroxylation sites is 1. The summed E-state index contributed by atoms with van der Waals surface area (Å²) in [6.45, 7) is -0.0921. The predicted molar refractivity (Wildman–Crippen MR) is 89.0 cm³/mol. The summed E-state index contributed by atoms with van der Waals surface area (Å²) in [5.41, 5.74) is 0.772. The van der Waals surface area contributed by atoms with Crippen molar-refractivity contribution in [3.63, 3.8) is 0 Å². The Bertz CT molecular complexity index is 754. The third-order valence-electron chi connectivity index (χ3n) is 4.15. The SMILES string of the molecule is COC(=O)c1cc(OCC(=O)NC2CCCC2)c2ccccc2n1. The van der Waals surface area contributed by atoms with Crippen LogP contribution in [-0.2, 0) is 9.53 Å². The lowest BCUT2D eigenvalue weighted by Gasteiger charge is -2.14. The first-order chi connectivity index (χ1) is 11.7. The zero-order valence-corrected chi connectivity index (χ0v) is 13.6. The smallest absolute Gasteiger partial charge is 0.356 e. The molecular formula is C18H20N2O4. The molecule has 1 fully saturated rings. The molecule has 1 saturated carbocycles. The van der Waals surface area contributed by atoms with Crippen LogP contribution in [0.4, 0.5) is 0 Å². The van der Waals surface area contributed by atoms with Crippen LogP contribution < -0.4 is 10.1 Å². The molecular weight excluding hydrogens is 308 g/mol. The molecule has 0 bridgehead atoms. The highest BCUT2D eigenvalue weighted by Crippen LogP contribution is 2.25. The number of ether oxygens (including phenoxy) is 2.